The van der Waals surface area contributed by atoms with Gasteiger partial charge >= 0.3 is 0 Å². The van der Waals surface area contributed by atoms with E-state index in [4.69, 9.17) is 12.2 Å². The van der Waals surface area contributed by atoms with Gasteiger partial charge in [0.05, 0.1) is 0 Å². The first-order valence-electron chi connectivity index (χ1n) is 6.79. The smallest absolute Gasteiger partial charge is 0.201 e. The molecule has 1 aliphatic rings. The molecule has 0 amide bonds. The zero-order chi connectivity index (χ0) is 13.7. The number of nitrogens with zero attached hydrogens (tertiary/aromatic N) is 1. The van der Waals surface area contributed by atoms with Crippen LogP contribution in [0.15, 0.2) is 24.5 Å². The predicted molar refractivity (Wildman–Crippen MR) is 83.7 cm³/mol. The lowest BCUT2D eigenvalue weighted by atomic mass is 9.92. The van der Waals surface area contributed by atoms with Crippen molar-refractivity contribution in [3.63, 3.8) is 0 Å². The molecular formula is C14H20N2OS2. The van der Waals surface area contributed by atoms with E-state index in [1.165, 1.54) is 0 Å². The van der Waals surface area contributed by atoms with E-state index < -0.39 is 15.9 Å². The number of rotatable bonds is 4. The largest absolute Gasteiger partial charge is 0.615 e. The fraction of sp³-hybridized carbons (Fsp3) is 0.571. The molecule has 1 aliphatic heterocycles. The van der Waals surface area contributed by atoms with Crippen LogP contribution in [0.1, 0.15) is 38.2 Å². The van der Waals surface area contributed by atoms with E-state index in [1.54, 1.807) is 6.20 Å². The summed E-state index contributed by atoms with van der Waals surface area (Å²) in [4.78, 5) is 4.90. The minimum atomic E-state index is -0.965. The van der Waals surface area contributed by atoms with Crippen LogP contribution in [0.5, 0.6) is 0 Å². The topological polar surface area (TPSA) is 48.0 Å². The Morgan fingerprint density at radius 2 is 2.42 bits per heavy atom. The average molecular weight is 296 g/mol. The van der Waals surface area contributed by atoms with E-state index in [2.05, 4.69) is 17.2 Å². The van der Waals surface area contributed by atoms with Crippen molar-refractivity contribution in [2.24, 2.45) is 0 Å². The van der Waals surface area contributed by atoms with Crippen LogP contribution in [0.2, 0.25) is 0 Å². The number of thiocarbonyl (C=S) groups is 1. The summed E-state index contributed by atoms with van der Waals surface area (Å²) < 4.78 is 12.1. The zero-order valence-electron chi connectivity index (χ0n) is 11.2. The van der Waals surface area contributed by atoms with Gasteiger partial charge in [0.15, 0.2) is 0 Å². The minimum Gasteiger partial charge on any atom is -0.615 e. The van der Waals surface area contributed by atoms with Gasteiger partial charge in [0.25, 0.3) is 0 Å². The molecule has 0 aromatic carbocycles. The summed E-state index contributed by atoms with van der Waals surface area (Å²) in [6.45, 7) is 2.93. The van der Waals surface area contributed by atoms with Crippen LogP contribution in [0.4, 0.5) is 0 Å². The lowest BCUT2D eigenvalue weighted by Gasteiger charge is -2.39. The Kier molecular flexibility index (Phi) is 5.19. The lowest BCUT2D eigenvalue weighted by Crippen LogP contribution is -2.51. The SMILES string of the molecule is CCCNC(=S)C1(c2cccnc2)CCCC[S+]1[O-]. The Balaban J connectivity index is 2.35. The number of hydrogen-bond acceptors (Lipinski definition) is 3. The molecule has 2 heterocycles. The molecule has 2 rings (SSSR count). The third-order valence-corrected chi connectivity index (χ3v) is 6.23. The number of hydrogen-bond donors (Lipinski definition) is 1. The highest BCUT2D eigenvalue weighted by molar-refractivity contribution is 7.95. The van der Waals surface area contributed by atoms with Gasteiger partial charge in [-0.1, -0.05) is 25.2 Å². The fourth-order valence-corrected chi connectivity index (χ4v) is 4.95. The van der Waals surface area contributed by atoms with Crippen molar-refractivity contribution in [3.05, 3.63) is 30.1 Å². The summed E-state index contributed by atoms with van der Waals surface area (Å²) in [6, 6.07) is 3.89. The molecule has 2 unspecified atom stereocenters. The van der Waals surface area contributed by atoms with Crippen molar-refractivity contribution < 1.29 is 4.55 Å². The molecule has 19 heavy (non-hydrogen) atoms. The highest BCUT2D eigenvalue weighted by Gasteiger charge is 2.49. The molecule has 5 heteroatoms. The summed E-state index contributed by atoms with van der Waals surface area (Å²) in [5.41, 5.74) is 0.988. The summed E-state index contributed by atoms with van der Waals surface area (Å²) >= 11 is 4.61. The van der Waals surface area contributed by atoms with Crippen LogP contribution in [0.3, 0.4) is 0 Å². The molecule has 0 spiro atoms. The van der Waals surface area contributed by atoms with Gasteiger partial charge in [0.1, 0.15) is 10.7 Å². The van der Waals surface area contributed by atoms with E-state index >= 15 is 0 Å². The second-order valence-corrected chi connectivity index (χ2v) is 7.04. The van der Waals surface area contributed by atoms with Crippen molar-refractivity contribution >= 4 is 28.4 Å². The maximum atomic E-state index is 12.7. The lowest BCUT2D eigenvalue weighted by molar-refractivity contribution is 0.512. The second-order valence-electron chi connectivity index (χ2n) is 4.83. The maximum absolute atomic E-state index is 12.7. The molecule has 2 atom stereocenters. The first kappa shape index (κ1) is 14.8. The summed E-state index contributed by atoms with van der Waals surface area (Å²) in [5.74, 6) is 0.725. The predicted octanol–water partition coefficient (Wildman–Crippen LogP) is 2.54. The Labute approximate surface area is 123 Å². The molecule has 1 N–H and O–H groups in total. The third-order valence-electron chi connectivity index (χ3n) is 3.53. The van der Waals surface area contributed by atoms with Gasteiger partial charge in [-0.2, -0.15) is 0 Å². The minimum absolute atomic E-state index is 0.531. The highest BCUT2D eigenvalue weighted by Crippen LogP contribution is 2.40. The van der Waals surface area contributed by atoms with Gasteiger partial charge in [-0.15, -0.1) is 0 Å². The van der Waals surface area contributed by atoms with Crippen molar-refractivity contribution in [2.45, 2.75) is 37.4 Å². The molecular weight excluding hydrogens is 276 g/mol. The van der Waals surface area contributed by atoms with Crippen LogP contribution in [0, 0.1) is 0 Å². The van der Waals surface area contributed by atoms with Gasteiger partial charge in [0, 0.05) is 30.9 Å². The second kappa shape index (κ2) is 6.68. The van der Waals surface area contributed by atoms with Crippen LogP contribution >= 0.6 is 12.2 Å². The van der Waals surface area contributed by atoms with Crippen LogP contribution < -0.4 is 5.32 Å². The summed E-state index contributed by atoms with van der Waals surface area (Å²) in [7, 11) is 0. The number of nitrogens with one attached hydrogen (secondary N) is 1. The van der Waals surface area contributed by atoms with E-state index in [1.807, 2.05) is 18.3 Å². The van der Waals surface area contributed by atoms with E-state index in [0.717, 1.165) is 48.5 Å². The summed E-state index contributed by atoms with van der Waals surface area (Å²) in [6.07, 6.45) is 7.49. The summed E-state index contributed by atoms with van der Waals surface area (Å²) in [5, 5.41) is 3.28. The molecule has 104 valence electrons. The fourth-order valence-electron chi connectivity index (χ4n) is 2.50. The number of pyridine rings is 1. The Morgan fingerprint density at radius 1 is 1.58 bits per heavy atom. The first-order valence-corrected chi connectivity index (χ1v) is 8.52. The Bertz CT molecular complexity index is 427. The quantitative estimate of drug-likeness (QED) is 0.685. The molecule has 0 aliphatic carbocycles. The van der Waals surface area contributed by atoms with E-state index in [0.29, 0.717) is 0 Å². The van der Waals surface area contributed by atoms with Gasteiger partial charge in [-0.05, 0) is 36.5 Å². The average Bonchev–Trinajstić information content (AvgIpc) is 2.46. The monoisotopic (exact) mass is 296 g/mol. The molecule has 1 aromatic rings. The molecule has 1 fully saturated rings. The van der Waals surface area contributed by atoms with Gasteiger partial charge in [-0.25, -0.2) is 0 Å². The first-order chi connectivity index (χ1) is 9.21. The van der Waals surface area contributed by atoms with E-state index in [-0.39, 0.29) is 0 Å². The van der Waals surface area contributed by atoms with Crippen LogP contribution in [0.25, 0.3) is 0 Å². The Morgan fingerprint density at radius 3 is 3.05 bits per heavy atom. The third kappa shape index (κ3) is 2.93. The van der Waals surface area contributed by atoms with Crippen molar-refractivity contribution in [1.29, 1.82) is 0 Å². The highest BCUT2D eigenvalue weighted by atomic mass is 32.2. The maximum Gasteiger partial charge on any atom is 0.201 e. The van der Waals surface area contributed by atoms with Crippen molar-refractivity contribution in [3.8, 4) is 0 Å². The van der Waals surface area contributed by atoms with Gasteiger partial charge in [0.2, 0.25) is 4.75 Å². The molecule has 1 saturated heterocycles. The molecule has 0 bridgehead atoms. The zero-order valence-corrected chi connectivity index (χ0v) is 12.9. The van der Waals surface area contributed by atoms with Gasteiger partial charge < -0.3 is 9.87 Å². The molecule has 0 radical (unpaired) electrons. The van der Waals surface area contributed by atoms with Crippen LogP contribution in [-0.2, 0) is 15.9 Å². The number of aromatic nitrogens is 1. The molecule has 0 saturated carbocycles. The normalized spacial score (nSPS) is 26.9. The van der Waals surface area contributed by atoms with Crippen molar-refractivity contribution in [1.82, 2.24) is 10.3 Å². The van der Waals surface area contributed by atoms with Crippen LogP contribution in [-0.4, -0.2) is 26.8 Å². The van der Waals surface area contributed by atoms with E-state index in [9.17, 15) is 4.55 Å². The standard InChI is InChI=1S/C14H20N2OS2/c1-2-8-16-13(18)14(7-3-4-10-19(14)17)12-6-5-9-15-11-12/h5-6,9,11H,2-4,7-8,10H2,1H3,(H,16,18). The molecule has 3 nitrogen and oxygen atoms in total. The van der Waals surface area contributed by atoms with Gasteiger partial charge in [-0.3, -0.25) is 4.98 Å². The van der Waals surface area contributed by atoms with Crippen molar-refractivity contribution in [2.75, 3.05) is 12.3 Å². The Hall–Kier alpha value is -0.650. The molecule has 1 aromatic heterocycles.